The standard InChI is InChI=1S/C12H12F3N3OS/c1-19-9-5-3-2-4-8(9)6-7-16-11-18-17-10(20-11)12(13,14)15/h2-5H,6-7H2,1H3,(H,16,18). The number of nitrogens with zero attached hydrogens (tertiary/aromatic N) is 2. The molecule has 0 unspecified atom stereocenters. The van der Waals surface area contributed by atoms with Gasteiger partial charge >= 0.3 is 6.18 Å². The van der Waals surface area contributed by atoms with Crippen molar-refractivity contribution in [3.8, 4) is 5.75 Å². The Labute approximate surface area is 117 Å². The van der Waals surface area contributed by atoms with Crippen LogP contribution >= 0.6 is 11.3 Å². The number of anilines is 1. The Morgan fingerprint density at radius 2 is 2.00 bits per heavy atom. The summed E-state index contributed by atoms with van der Waals surface area (Å²) >= 11 is 0.495. The first-order valence-electron chi connectivity index (χ1n) is 5.77. The summed E-state index contributed by atoms with van der Waals surface area (Å²) in [6.07, 6.45) is -3.83. The Hall–Kier alpha value is -1.83. The van der Waals surface area contributed by atoms with Crippen LogP contribution in [-0.4, -0.2) is 23.9 Å². The van der Waals surface area contributed by atoms with Crippen LogP contribution in [0.3, 0.4) is 0 Å². The van der Waals surface area contributed by atoms with Gasteiger partial charge < -0.3 is 10.1 Å². The zero-order chi connectivity index (χ0) is 14.6. The number of hydrogen-bond acceptors (Lipinski definition) is 5. The van der Waals surface area contributed by atoms with Gasteiger partial charge in [-0.25, -0.2) is 0 Å². The number of para-hydroxylation sites is 1. The van der Waals surface area contributed by atoms with Gasteiger partial charge in [0.15, 0.2) is 0 Å². The van der Waals surface area contributed by atoms with Crippen molar-refractivity contribution >= 4 is 16.5 Å². The van der Waals surface area contributed by atoms with Crippen LogP contribution in [0, 0.1) is 0 Å². The van der Waals surface area contributed by atoms with E-state index in [0.29, 0.717) is 24.3 Å². The number of benzene rings is 1. The zero-order valence-electron chi connectivity index (χ0n) is 10.6. The Kier molecular flexibility index (Phi) is 4.43. The SMILES string of the molecule is COc1ccccc1CCNc1nnc(C(F)(F)F)s1. The van der Waals surface area contributed by atoms with Crippen molar-refractivity contribution in [2.24, 2.45) is 0 Å². The lowest BCUT2D eigenvalue weighted by Crippen LogP contribution is -2.05. The highest BCUT2D eigenvalue weighted by atomic mass is 32.1. The fourth-order valence-electron chi connectivity index (χ4n) is 1.62. The van der Waals surface area contributed by atoms with E-state index in [0.717, 1.165) is 11.3 Å². The minimum absolute atomic E-state index is 0.159. The normalized spacial score (nSPS) is 11.4. The van der Waals surface area contributed by atoms with Gasteiger partial charge in [0.25, 0.3) is 0 Å². The third kappa shape index (κ3) is 3.60. The Balaban J connectivity index is 1.91. The molecule has 8 heteroatoms. The second-order valence-corrected chi connectivity index (χ2v) is 4.88. The molecule has 0 saturated carbocycles. The average molecular weight is 303 g/mol. The first-order chi connectivity index (χ1) is 9.50. The molecule has 0 bridgehead atoms. The van der Waals surface area contributed by atoms with E-state index in [1.165, 1.54) is 0 Å². The van der Waals surface area contributed by atoms with Gasteiger partial charge in [0.05, 0.1) is 7.11 Å². The van der Waals surface area contributed by atoms with Crippen molar-refractivity contribution in [2.45, 2.75) is 12.6 Å². The first kappa shape index (κ1) is 14.6. The molecule has 4 nitrogen and oxygen atoms in total. The highest BCUT2D eigenvalue weighted by Crippen LogP contribution is 2.32. The van der Waals surface area contributed by atoms with Crippen LogP contribution in [0.2, 0.25) is 0 Å². The van der Waals surface area contributed by atoms with E-state index >= 15 is 0 Å². The number of ether oxygens (including phenoxy) is 1. The van der Waals surface area contributed by atoms with Gasteiger partial charge in [0.1, 0.15) is 5.75 Å². The van der Waals surface area contributed by atoms with Gasteiger partial charge in [0.2, 0.25) is 10.1 Å². The lowest BCUT2D eigenvalue weighted by molar-refractivity contribution is -0.138. The summed E-state index contributed by atoms with van der Waals surface area (Å²) in [5.74, 6) is 0.752. The molecule has 108 valence electrons. The first-order valence-corrected chi connectivity index (χ1v) is 6.59. The van der Waals surface area contributed by atoms with Gasteiger partial charge in [-0.15, -0.1) is 10.2 Å². The smallest absolute Gasteiger partial charge is 0.445 e. The molecule has 20 heavy (non-hydrogen) atoms. The molecule has 0 fully saturated rings. The number of methoxy groups -OCH3 is 1. The van der Waals surface area contributed by atoms with Crippen molar-refractivity contribution < 1.29 is 17.9 Å². The Bertz CT molecular complexity index is 571. The van der Waals surface area contributed by atoms with Crippen molar-refractivity contribution in [1.82, 2.24) is 10.2 Å². The van der Waals surface area contributed by atoms with Crippen molar-refractivity contribution in [3.63, 3.8) is 0 Å². The Morgan fingerprint density at radius 1 is 1.25 bits per heavy atom. The van der Waals surface area contributed by atoms with E-state index in [4.69, 9.17) is 4.74 Å². The molecule has 1 aromatic carbocycles. The highest BCUT2D eigenvalue weighted by molar-refractivity contribution is 7.15. The van der Waals surface area contributed by atoms with Crippen molar-refractivity contribution in [2.75, 3.05) is 19.0 Å². The largest absolute Gasteiger partial charge is 0.496 e. The number of aromatic nitrogens is 2. The van der Waals surface area contributed by atoms with Crippen molar-refractivity contribution in [1.29, 1.82) is 0 Å². The topological polar surface area (TPSA) is 47.0 Å². The Morgan fingerprint density at radius 3 is 2.65 bits per heavy atom. The van der Waals surface area contributed by atoms with Gasteiger partial charge in [-0.05, 0) is 18.1 Å². The summed E-state index contributed by atoms with van der Waals surface area (Å²) in [6, 6.07) is 7.48. The molecule has 0 aliphatic heterocycles. The molecule has 0 radical (unpaired) electrons. The molecule has 0 atom stereocenters. The second-order valence-electron chi connectivity index (χ2n) is 3.90. The van der Waals surface area contributed by atoms with Crippen LogP contribution < -0.4 is 10.1 Å². The second kappa shape index (κ2) is 6.08. The van der Waals surface area contributed by atoms with Crippen LogP contribution in [-0.2, 0) is 12.6 Å². The van der Waals surface area contributed by atoms with E-state index in [2.05, 4.69) is 15.5 Å². The van der Waals surface area contributed by atoms with Crippen molar-refractivity contribution in [3.05, 3.63) is 34.8 Å². The zero-order valence-corrected chi connectivity index (χ0v) is 11.4. The molecule has 1 N–H and O–H groups in total. The van der Waals surface area contributed by atoms with Crippen LogP contribution in [0.4, 0.5) is 18.3 Å². The monoisotopic (exact) mass is 303 g/mol. The molecular weight excluding hydrogens is 291 g/mol. The van der Waals surface area contributed by atoms with Crippen LogP contribution in [0.1, 0.15) is 10.6 Å². The molecule has 0 spiro atoms. The van der Waals surface area contributed by atoms with E-state index in [1.807, 2.05) is 24.3 Å². The number of halogens is 3. The minimum atomic E-state index is -4.44. The van der Waals surface area contributed by atoms with Gasteiger partial charge in [-0.1, -0.05) is 29.5 Å². The predicted molar refractivity (Wildman–Crippen MR) is 70.1 cm³/mol. The highest BCUT2D eigenvalue weighted by Gasteiger charge is 2.35. The molecular formula is C12H12F3N3OS. The number of rotatable bonds is 5. The fraction of sp³-hybridized carbons (Fsp3) is 0.333. The maximum atomic E-state index is 12.4. The van der Waals surface area contributed by atoms with Gasteiger partial charge in [-0.2, -0.15) is 13.2 Å². The summed E-state index contributed by atoms with van der Waals surface area (Å²) < 4.78 is 42.2. The summed E-state index contributed by atoms with van der Waals surface area (Å²) in [6.45, 7) is 0.451. The molecule has 0 aliphatic rings. The van der Waals surface area contributed by atoms with E-state index in [1.54, 1.807) is 7.11 Å². The summed E-state index contributed by atoms with van der Waals surface area (Å²) in [5.41, 5.74) is 0.975. The lowest BCUT2D eigenvalue weighted by atomic mass is 10.1. The lowest BCUT2D eigenvalue weighted by Gasteiger charge is -2.08. The molecule has 2 aromatic rings. The van der Waals surface area contributed by atoms with Crippen LogP contribution in [0.25, 0.3) is 0 Å². The summed E-state index contributed by atoms with van der Waals surface area (Å²) in [4.78, 5) is 0. The average Bonchev–Trinajstić information content (AvgIpc) is 2.88. The van der Waals surface area contributed by atoms with E-state index < -0.39 is 11.2 Å². The molecule has 1 aromatic heterocycles. The number of alkyl halides is 3. The molecule has 0 amide bonds. The van der Waals surface area contributed by atoms with E-state index in [9.17, 15) is 13.2 Å². The maximum absolute atomic E-state index is 12.4. The van der Waals surface area contributed by atoms with E-state index in [-0.39, 0.29) is 5.13 Å². The molecule has 2 rings (SSSR count). The van der Waals surface area contributed by atoms with Gasteiger partial charge in [-0.3, -0.25) is 0 Å². The summed E-state index contributed by atoms with van der Waals surface area (Å²) in [5, 5.41) is 8.60. The minimum Gasteiger partial charge on any atom is -0.496 e. The van der Waals surface area contributed by atoms with Gasteiger partial charge in [0, 0.05) is 6.54 Å². The fourth-order valence-corrected chi connectivity index (χ4v) is 2.26. The van der Waals surface area contributed by atoms with Crippen LogP contribution in [0.15, 0.2) is 24.3 Å². The predicted octanol–water partition coefficient (Wildman–Crippen LogP) is 3.22. The molecule has 0 aliphatic carbocycles. The third-order valence-corrected chi connectivity index (χ3v) is 3.46. The van der Waals surface area contributed by atoms with Crippen LogP contribution in [0.5, 0.6) is 5.75 Å². The third-order valence-electron chi connectivity index (χ3n) is 2.53. The molecule has 1 heterocycles. The summed E-state index contributed by atoms with van der Waals surface area (Å²) in [7, 11) is 1.58. The maximum Gasteiger partial charge on any atom is 0.445 e. The quantitative estimate of drug-likeness (QED) is 0.921. The molecule has 0 saturated heterocycles. The number of hydrogen-bond donors (Lipinski definition) is 1. The number of nitrogens with one attached hydrogen (secondary N) is 1.